The molecular formula is C24H20N2O4. The Morgan fingerprint density at radius 3 is 2.03 bits per heavy atom. The van der Waals surface area contributed by atoms with Gasteiger partial charge in [-0.15, -0.1) is 0 Å². The predicted molar refractivity (Wildman–Crippen MR) is 112 cm³/mol. The molecule has 0 N–H and O–H groups in total. The lowest BCUT2D eigenvalue weighted by Gasteiger charge is -2.21. The van der Waals surface area contributed by atoms with Crippen molar-refractivity contribution in [3.05, 3.63) is 77.4 Å². The number of hydrogen-bond donors (Lipinski definition) is 0. The van der Waals surface area contributed by atoms with Crippen molar-refractivity contribution in [3.8, 4) is 0 Å². The number of hydroxylamine groups is 2. The summed E-state index contributed by atoms with van der Waals surface area (Å²) in [6.07, 6.45) is 0. The van der Waals surface area contributed by atoms with Crippen molar-refractivity contribution in [1.29, 1.82) is 0 Å². The van der Waals surface area contributed by atoms with Crippen molar-refractivity contribution in [2.45, 2.75) is 20.4 Å². The van der Waals surface area contributed by atoms with Gasteiger partial charge in [-0.3, -0.25) is 19.2 Å². The summed E-state index contributed by atoms with van der Waals surface area (Å²) in [5.74, 6) is -0.711. The molecular weight excluding hydrogens is 380 g/mol. The van der Waals surface area contributed by atoms with Gasteiger partial charge in [-0.1, -0.05) is 42.5 Å². The van der Waals surface area contributed by atoms with Gasteiger partial charge in [0.25, 0.3) is 17.7 Å². The van der Waals surface area contributed by atoms with Gasteiger partial charge in [-0.05, 0) is 43.0 Å². The van der Waals surface area contributed by atoms with Crippen LogP contribution in [0.25, 0.3) is 10.8 Å². The summed E-state index contributed by atoms with van der Waals surface area (Å²) in [7, 11) is 0. The van der Waals surface area contributed by atoms with E-state index in [0.29, 0.717) is 30.0 Å². The maximum atomic E-state index is 13.0. The molecule has 2 aliphatic heterocycles. The van der Waals surface area contributed by atoms with Crippen LogP contribution >= 0.6 is 0 Å². The van der Waals surface area contributed by atoms with Crippen molar-refractivity contribution in [1.82, 2.24) is 5.06 Å². The Morgan fingerprint density at radius 1 is 0.833 bits per heavy atom. The van der Waals surface area contributed by atoms with Gasteiger partial charge < -0.3 is 0 Å². The van der Waals surface area contributed by atoms with E-state index in [2.05, 4.69) is 0 Å². The third-order valence-corrected chi connectivity index (χ3v) is 5.73. The second kappa shape index (κ2) is 6.50. The zero-order valence-electron chi connectivity index (χ0n) is 16.7. The van der Waals surface area contributed by atoms with Gasteiger partial charge in [-0.2, -0.15) is 0 Å². The molecule has 0 radical (unpaired) electrons. The Bertz CT molecular complexity index is 1200. The molecule has 3 amide bonds. The molecule has 3 aromatic carbocycles. The number of benzene rings is 3. The molecule has 1 saturated heterocycles. The van der Waals surface area contributed by atoms with E-state index in [1.54, 1.807) is 30.3 Å². The number of nitrogens with zero attached hydrogens (tertiary/aromatic N) is 2. The normalized spacial score (nSPS) is 17.9. The van der Waals surface area contributed by atoms with Crippen LogP contribution in [0.5, 0.6) is 0 Å². The van der Waals surface area contributed by atoms with Crippen LogP contribution in [0.1, 0.15) is 40.1 Å². The van der Waals surface area contributed by atoms with Crippen molar-refractivity contribution in [2.24, 2.45) is 5.41 Å². The van der Waals surface area contributed by atoms with E-state index in [0.717, 1.165) is 16.3 Å². The fourth-order valence-corrected chi connectivity index (χ4v) is 4.06. The maximum absolute atomic E-state index is 13.0. The summed E-state index contributed by atoms with van der Waals surface area (Å²) in [4.78, 5) is 45.3. The summed E-state index contributed by atoms with van der Waals surface area (Å²) in [6.45, 7) is 4.36. The first-order valence-corrected chi connectivity index (χ1v) is 9.82. The summed E-state index contributed by atoms with van der Waals surface area (Å²) in [6, 6.07) is 18.0. The van der Waals surface area contributed by atoms with Gasteiger partial charge in [0.1, 0.15) is 0 Å². The van der Waals surface area contributed by atoms with Gasteiger partial charge in [0.2, 0.25) is 0 Å². The van der Waals surface area contributed by atoms with E-state index < -0.39 is 5.41 Å². The number of imide groups is 1. The zero-order chi connectivity index (χ0) is 21.0. The first-order valence-electron chi connectivity index (χ1n) is 9.82. The lowest BCUT2D eigenvalue weighted by atomic mass is 9.94. The van der Waals surface area contributed by atoms with Gasteiger partial charge in [0, 0.05) is 5.39 Å². The van der Waals surface area contributed by atoms with Crippen LogP contribution in [-0.2, 0) is 16.2 Å². The first kappa shape index (κ1) is 18.5. The van der Waals surface area contributed by atoms with E-state index in [1.165, 1.54) is 9.96 Å². The third-order valence-electron chi connectivity index (χ3n) is 5.73. The number of rotatable bonds is 3. The van der Waals surface area contributed by atoms with Gasteiger partial charge in [0.05, 0.1) is 35.4 Å². The quantitative estimate of drug-likeness (QED) is 0.625. The third kappa shape index (κ3) is 2.64. The average molecular weight is 400 g/mol. The molecule has 30 heavy (non-hydrogen) atoms. The highest BCUT2D eigenvalue weighted by Crippen LogP contribution is 2.36. The van der Waals surface area contributed by atoms with Crippen LogP contribution in [0.15, 0.2) is 60.7 Å². The molecule has 6 nitrogen and oxygen atoms in total. The molecule has 2 heterocycles. The van der Waals surface area contributed by atoms with Crippen molar-refractivity contribution in [2.75, 3.05) is 11.5 Å². The first-order chi connectivity index (χ1) is 14.4. The highest BCUT2D eigenvalue weighted by atomic mass is 16.7. The second-order valence-corrected chi connectivity index (χ2v) is 8.28. The van der Waals surface area contributed by atoms with Crippen LogP contribution in [0, 0.1) is 5.41 Å². The number of carbonyl (C=O) groups excluding carboxylic acids is 3. The Labute approximate surface area is 173 Å². The van der Waals surface area contributed by atoms with Crippen LogP contribution in [0.3, 0.4) is 0 Å². The Morgan fingerprint density at radius 2 is 1.43 bits per heavy atom. The predicted octanol–water partition coefficient (Wildman–Crippen LogP) is 3.94. The van der Waals surface area contributed by atoms with Gasteiger partial charge in [-0.25, -0.2) is 9.96 Å². The Kier molecular flexibility index (Phi) is 4.01. The minimum Gasteiger partial charge on any atom is -0.272 e. The summed E-state index contributed by atoms with van der Waals surface area (Å²) >= 11 is 0. The van der Waals surface area contributed by atoms with E-state index in [1.807, 2.05) is 44.2 Å². The fraction of sp³-hybridized carbons (Fsp3) is 0.208. The van der Waals surface area contributed by atoms with Crippen molar-refractivity contribution >= 4 is 34.2 Å². The number of carbonyl (C=O) groups is 3. The van der Waals surface area contributed by atoms with Crippen molar-refractivity contribution in [3.63, 3.8) is 0 Å². The van der Waals surface area contributed by atoms with E-state index >= 15 is 0 Å². The van der Waals surface area contributed by atoms with Crippen LogP contribution in [-0.4, -0.2) is 29.4 Å². The molecule has 0 saturated carbocycles. The monoisotopic (exact) mass is 400 g/mol. The molecule has 6 heteroatoms. The van der Waals surface area contributed by atoms with E-state index in [-0.39, 0.29) is 17.7 Å². The molecule has 0 aromatic heterocycles. The molecule has 2 aliphatic rings. The highest BCUT2D eigenvalue weighted by Gasteiger charge is 2.41. The number of anilines is 1. The molecule has 0 aliphatic carbocycles. The standard InChI is InChI=1S/C24H20N2O4/c1-24(2)14-30-25(23(24)29)13-15-11-12-20(17-8-4-3-7-16(15)17)26-21(27)18-9-5-6-10-19(18)22(26)28/h3-12H,13-14H2,1-2H3. The number of fused-ring (bicyclic) bond motifs is 2. The topological polar surface area (TPSA) is 66.9 Å². The Hall–Kier alpha value is -3.51. The lowest BCUT2D eigenvalue weighted by molar-refractivity contribution is -0.165. The summed E-state index contributed by atoms with van der Waals surface area (Å²) in [5, 5.41) is 3.03. The molecule has 150 valence electrons. The smallest absolute Gasteiger partial charge is 0.266 e. The summed E-state index contributed by atoms with van der Waals surface area (Å²) in [5.41, 5.74) is 1.70. The fourth-order valence-electron chi connectivity index (χ4n) is 4.06. The minimum atomic E-state index is -0.546. The highest BCUT2D eigenvalue weighted by molar-refractivity contribution is 6.36. The molecule has 0 unspecified atom stereocenters. The average Bonchev–Trinajstić information content (AvgIpc) is 3.16. The largest absolute Gasteiger partial charge is 0.272 e. The SMILES string of the molecule is CC1(C)CON(Cc2ccc(N3C(=O)c4ccccc4C3=O)c3ccccc23)C1=O. The zero-order valence-corrected chi connectivity index (χ0v) is 16.7. The maximum Gasteiger partial charge on any atom is 0.266 e. The molecule has 0 bridgehead atoms. The van der Waals surface area contributed by atoms with Gasteiger partial charge >= 0.3 is 0 Å². The minimum absolute atomic E-state index is 0.0593. The van der Waals surface area contributed by atoms with Crippen LogP contribution in [0.4, 0.5) is 5.69 Å². The number of hydrogen-bond acceptors (Lipinski definition) is 4. The van der Waals surface area contributed by atoms with Gasteiger partial charge in [0.15, 0.2) is 0 Å². The van der Waals surface area contributed by atoms with E-state index in [9.17, 15) is 14.4 Å². The molecule has 0 atom stereocenters. The summed E-state index contributed by atoms with van der Waals surface area (Å²) < 4.78 is 0. The second-order valence-electron chi connectivity index (χ2n) is 8.28. The lowest BCUT2D eigenvalue weighted by Crippen LogP contribution is -2.31. The Balaban J connectivity index is 1.57. The molecule has 3 aromatic rings. The molecule has 1 fully saturated rings. The van der Waals surface area contributed by atoms with Crippen molar-refractivity contribution < 1.29 is 19.2 Å². The molecule has 5 rings (SSSR count). The number of amides is 3. The molecule has 0 spiro atoms. The van der Waals surface area contributed by atoms with E-state index in [4.69, 9.17) is 4.84 Å². The van der Waals surface area contributed by atoms with Crippen LogP contribution < -0.4 is 4.90 Å². The van der Waals surface area contributed by atoms with Crippen LogP contribution in [0.2, 0.25) is 0 Å².